The Balaban J connectivity index is 1.41. The van der Waals surface area contributed by atoms with Crippen molar-refractivity contribution in [3.05, 3.63) is 72.3 Å². The predicted molar refractivity (Wildman–Crippen MR) is 119 cm³/mol. The number of benzene rings is 2. The molecule has 1 amide bonds. The van der Waals surface area contributed by atoms with E-state index in [-0.39, 0.29) is 34.9 Å². The Labute approximate surface area is 184 Å². The van der Waals surface area contributed by atoms with Gasteiger partial charge in [0.1, 0.15) is 11.3 Å². The van der Waals surface area contributed by atoms with Crippen LogP contribution in [-0.2, 0) is 0 Å². The average Bonchev–Trinajstić information content (AvgIpc) is 3.23. The van der Waals surface area contributed by atoms with Gasteiger partial charge in [0.25, 0.3) is 11.9 Å². The van der Waals surface area contributed by atoms with Gasteiger partial charge in [0.2, 0.25) is 0 Å². The Morgan fingerprint density at radius 3 is 2.75 bits per heavy atom. The van der Waals surface area contributed by atoms with Crippen molar-refractivity contribution in [3.63, 3.8) is 0 Å². The van der Waals surface area contributed by atoms with Crippen LogP contribution in [0.1, 0.15) is 30.1 Å². The van der Waals surface area contributed by atoms with Crippen LogP contribution in [0.3, 0.4) is 0 Å². The molecule has 32 heavy (non-hydrogen) atoms. The molecule has 1 aliphatic heterocycles. The molecule has 0 spiro atoms. The fourth-order valence-electron chi connectivity index (χ4n) is 4.23. The Hall–Kier alpha value is -3.81. The second kappa shape index (κ2) is 8.37. The number of carbonyl (C=O) groups is 1. The molecule has 8 heteroatoms. The standard InChI is InChI=1S/C24H22FN5O2/c1-15-18(28-24-29-19-9-2-3-11-20(19)32-24)10-5-14-30(15)23(31)16-7-4-8-17(25)21(16)22-26-12-6-13-27-22/h2-4,6-9,11-13,15,18H,5,10,14H2,1H3,(H,28,29)/t15-,18+/m0/s1. The van der Waals surface area contributed by atoms with Crippen LogP contribution in [0.2, 0.25) is 0 Å². The van der Waals surface area contributed by atoms with Gasteiger partial charge in [-0.05, 0) is 50.1 Å². The number of anilines is 1. The first-order valence-corrected chi connectivity index (χ1v) is 10.6. The van der Waals surface area contributed by atoms with Crippen LogP contribution >= 0.6 is 0 Å². The van der Waals surface area contributed by atoms with Crippen molar-refractivity contribution in [1.82, 2.24) is 19.9 Å². The summed E-state index contributed by atoms with van der Waals surface area (Å²) in [4.78, 5) is 28.1. The molecule has 5 rings (SSSR count). The van der Waals surface area contributed by atoms with Gasteiger partial charge in [0.15, 0.2) is 11.4 Å². The van der Waals surface area contributed by atoms with E-state index >= 15 is 0 Å². The van der Waals surface area contributed by atoms with Gasteiger partial charge in [-0.3, -0.25) is 4.79 Å². The summed E-state index contributed by atoms with van der Waals surface area (Å²) < 4.78 is 20.5. The number of nitrogens with zero attached hydrogens (tertiary/aromatic N) is 4. The molecule has 0 bridgehead atoms. The number of piperidine rings is 1. The fourth-order valence-corrected chi connectivity index (χ4v) is 4.23. The zero-order valence-corrected chi connectivity index (χ0v) is 17.5. The van der Waals surface area contributed by atoms with Gasteiger partial charge in [-0.25, -0.2) is 14.4 Å². The van der Waals surface area contributed by atoms with Crippen LogP contribution < -0.4 is 5.32 Å². The molecular weight excluding hydrogens is 409 g/mol. The van der Waals surface area contributed by atoms with Crippen molar-refractivity contribution in [2.24, 2.45) is 0 Å². The molecule has 0 radical (unpaired) electrons. The molecule has 2 atom stereocenters. The monoisotopic (exact) mass is 431 g/mol. The SMILES string of the molecule is C[C@H]1[C@H](Nc2nc3ccccc3o2)CCCN1C(=O)c1cccc(F)c1-c1ncccn1. The lowest BCUT2D eigenvalue weighted by molar-refractivity contribution is 0.0616. The molecule has 4 aromatic rings. The van der Waals surface area contributed by atoms with Gasteiger partial charge in [0, 0.05) is 25.0 Å². The highest BCUT2D eigenvalue weighted by Gasteiger charge is 2.34. The number of amides is 1. The van der Waals surface area contributed by atoms with E-state index in [0.717, 1.165) is 18.4 Å². The van der Waals surface area contributed by atoms with Crippen molar-refractivity contribution in [2.75, 3.05) is 11.9 Å². The zero-order chi connectivity index (χ0) is 22.1. The van der Waals surface area contributed by atoms with E-state index in [1.165, 1.54) is 24.5 Å². The maximum absolute atomic E-state index is 14.7. The molecule has 2 aromatic heterocycles. The quantitative estimate of drug-likeness (QED) is 0.511. The second-order valence-electron chi connectivity index (χ2n) is 7.85. The molecule has 0 saturated carbocycles. The van der Waals surface area contributed by atoms with Crippen LogP contribution in [0.4, 0.5) is 10.4 Å². The molecule has 0 unspecified atom stereocenters. The summed E-state index contributed by atoms with van der Waals surface area (Å²) in [5.41, 5.74) is 1.86. The lowest BCUT2D eigenvalue weighted by Gasteiger charge is -2.39. The number of halogens is 1. The molecule has 162 valence electrons. The number of nitrogens with one attached hydrogen (secondary N) is 1. The van der Waals surface area contributed by atoms with Crippen molar-refractivity contribution in [2.45, 2.75) is 31.8 Å². The first-order valence-electron chi connectivity index (χ1n) is 10.6. The third-order valence-electron chi connectivity index (χ3n) is 5.89. The maximum Gasteiger partial charge on any atom is 0.295 e. The second-order valence-corrected chi connectivity index (χ2v) is 7.85. The molecular formula is C24H22FN5O2. The highest BCUT2D eigenvalue weighted by atomic mass is 19.1. The van der Waals surface area contributed by atoms with Gasteiger partial charge < -0.3 is 14.6 Å². The number of para-hydroxylation sites is 2. The van der Waals surface area contributed by atoms with Crippen molar-refractivity contribution < 1.29 is 13.6 Å². The van der Waals surface area contributed by atoms with Crippen LogP contribution in [0.5, 0.6) is 0 Å². The van der Waals surface area contributed by atoms with Crippen molar-refractivity contribution in [3.8, 4) is 11.4 Å². The molecule has 7 nitrogen and oxygen atoms in total. The number of rotatable bonds is 4. The number of hydrogen-bond acceptors (Lipinski definition) is 6. The van der Waals surface area contributed by atoms with E-state index in [9.17, 15) is 9.18 Å². The Kier molecular flexibility index (Phi) is 5.26. The molecule has 1 saturated heterocycles. The topological polar surface area (TPSA) is 84.2 Å². The molecule has 1 fully saturated rings. The third kappa shape index (κ3) is 3.68. The lowest BCUT2D eigenvalue weighted by Crippen LogP contribution is -2.52. The summed E-state index contributed by atoms with van der Waals surface area (Å²) in [7, 11) is 0. The summed E-state index contributed by atoms with van der Waals surface area (Å²) in [6.07, 6.45) is 4.74. The minimum Gasteiger partial charge on any atom is -0.424 e. The smallest absolute Gasteiger partial charge is 0.295 e. The van der Waals surface area contributed by atoms with E-state index in [1.807, 2.05) is 31.2 Å². The summed E-state index contributed by atoms with van der Waals surface area (Å²) >= 11 is 0. The minimum absolute atomic E-state index is 0.0502. The molecule has 3 heterocycles. The molecule has 2 aromatic carbocycles. The summed E-state index contributed by atoms with van der Waals surface area (Å²) in [6, 6.07) is 13.9. The Morgan fingerprint density at radius 2 is 1.94 bits per heavy atom. The molecule has 1 N–H and O–H groups in total. The van der Waals surface area contributed by atoms with Gasteiger partial charge in [-0.1, -0.05) is 18.2 Å². The summed E-state index contributed by atoms with van der Waals surface area (Å²) in [5.74, 6) is -0.573. The average molecular weight is 431 g/mol. The summed E-state index contributed by atoms with van der Waals surface area (Å²) in [5, 5.41) is 3.34. The Bertz CT molecular complexity index is 1230. The van der Waals surface area contributed by atoms with E-state index in [4.69, 9.17) is 4.42 Å². The number of fused-ring (bicyclic) bond motifs is 1. The number of hydrogen-bond donors (Lipinski definition) is 1. The van der Waals surface area contributed by atoms with Gasteiger partial charge >= 0.3 is 0 Å². The normalized spacial score (nSPS) is 18.6. The van der Waals surface area contributed by atoms with E-state index in [2.05, 4.69) is 20.3 Å². The van der Waals surface area contributed by atoms with E-state index < -0.39 is 5.82 Å². The highest BCUT2D eigenvalue weighted by Crippen LogP contribution is 2.29. The number of likely N-dealkylation sites (tertiary alicyclic amines) is 1. The van der Waals surface area contributed by atoms with E-state index in [1.54, 1.807) is 17.0 Å². The van der Waals surface area contributed by atoms with Crippen LogP contribution in [0.15, 0.2) is 65.3 Å². The van der Waals surface area contributed by atoms with Gasteiger partial charge in [0.05, 0.1) is 17.2 Å². The maximum atomic E-state index is 14.7. The van der Waals surface area contributed by atoms with Crippen molar-refractivity contribution in [1.29, 1.82) is 0 Å². The van der Waals surface area contributed by atoms with Crippen LogP contribution in [0.25, 0.3) is 22.5 Å². The fraction of sp³-hybridized carbons (Fsp3) is 0.250. The number of oxazole rings is 1. The predicted octanol–water partition coefficient (Wildman–Crippen LogP) is 4.53. The first kappa shape index (κ1) is 20.1. The van der Waals surface area contributed by atoms with E-state index in [0.29, 0.717) is 18.1 Å². The minimum atomic E-state index is -0.520. The molecule has 0 aliphatic carbocycles. The highest BCUT2D eigenvalue weighted by molar-refractivity contribution is 6.00. The van der Waals surface area contributed by atoms with Crippen LogP contribution in [0, 0.1) is 5.82 Å². The largest absolute Gasteiger partial charge is 0.424 e. The van der Waals surface area contributed by atoms with Crippen LogP contribution in [-0.4, -0.2) is 44.4 Å². The van der Waals surface area contributed by atoms with Gasteiger partial charge in [-0.15, -0.1) is 0 Å². The number of carbonyl (C=O) groups excluding carboxylic acids is 1. The van der Waals surface area contributed by atoms with Crippen molar-refractivity contribution >= 4 is 23.0 Å². The first-order chi connectivity index (χ1) is 15.6. The van der Waals surface area contributed by atoms with Gasteiger partial charge in [-0.2, -0.15) is 4.98 Å². The molecule has 1 aliphatic rings. The summed E-state index contributed by atoms with van der Waals surface area (Å²) in [6.45, 7) is 2.56. The Morgan fingerprint density at radius 1 is 1.12 bits per heavy atom. The number of aromatic nitrogens is 3. The zero-order valence-electron chi connectivity index (χ0n) is 17.5. The third-order valence-corrected chi connectivity index (χ3v) is 5.89. The lowest BCUT2D eigenvalue weighted by atomic mass is 9.95.